The highest BCUT2D eigenvalue weighted by atomic mass is 79.9. The number of hydrazone groups is 1. The molecular weight excluding hydrogens is 336 g/mol. The van der Waals surface area contributed by atoms with Gasteiger partial charge in [0.05, 0.1) is 11.9 Å². The quantitative estimate of drug-likeness (QED) is 0.566. The molecule has 1 aromatic carbocycles. The standard InChI is InChI=1S/C14H15BrN4O2/c1-9-12(6-7-20)13(21)18-14(17-9)19-16-8-10-2-4-11(15)5-3-10/h2-5,8,20H,6-7H2,1H3,(H2,17,18,19,21)/b16-8-. The normalized spacial score (nSPS) is 11.0. The van der Waals surface area contributed by atoms with Gasteiger partial charge in [-0.3, -0.25) is 9.78 Å². The molecule has 0 atom stereocenters. The van der Waals surface area contributed by atoms with Crippen LogP contribution in [0.15, 0.2) is 38.6 Å². The minimum atomic E-state index is -0.266. The first-order chi connectivity index (χ1) is 10.1. The van der Waals surface area contributed by atoms with Crippen LogP contribution in [-0.2, 0) is 6.42 Å². The first kappa shape index (κ1) is 15.4. The van der Waals surface area contributed by atoms with Crippen molar-refractivity contribution in [3.8, 4) is 0 Å². The number of hydrogen-bond acceptors (Lipinski definition) is 5. The zero-order valence-electron chi connectivity index (χ0n) is 11.4. The summed E-state index contributed by atoms with van der Waals surface area (Å²) in [7, 11) is 0. The largest absolute Gasteiger partial charge is 0.396 e. The van der Waals surface area contributed by atoms with Gasteiger partial charge in [-0.25, -0.2) is 10.4 Å². The van der Waals surface area contributed by atoms with Gasteiger partial charge >= 0.3 is 0 Å². The van der Waals surface area contributed by atoms with E-state index in [1.54, 1.807) is 13.1 Å². The number of rotatable bonds is 5. The van der Waals surface area contributed by atoms with Gasteiger partial charge in [0.1, 0.15) is 0 Å². The number of H-pyrrole nitrogens is 1. The number of aromatic amines is 1. The lowest BCUT2D eigenvalue weighted by Gasteiger charge is -2.05. The van der Waals surface area contributed by atoms with E-state index in [4.69, 9.17) is 5.11 Å². The fourth-order valence-electron chi connectivity index (χ4n) is 1.79. The first-order valence-electron chi connectivity index (χ1n) is 6.35. The molecular formula is C14H15BrN4O2. The molecule has 0 amide bonds. The molecule has 0 saturated heterocycles. The Morgan fingerprint density at radius 1 is 1.43 bits per heavy atom. The molecule has 1 aromatic heterocycles. The zero-order valence-corrected chi connectivity index (χ0v) is 13.0. The highest BCUT2D eigenvalue weighted by molar-refractivity contribution is 9.10. The molecule has 110 valence electrons. The average Bonchev–Trinajstić information content (AvgIpc) is 2.45. The van der Waals surface area contributed by atoms with Crippen LogP contribution >= 0.6 is 15.9 Å². The lowest BCUT2D eigenvalue weighted by molar-refractivity contribution is 0.298. The second-order valence-corrected chi connectivity index (χ2v) is 5.29. The van der Waals surface area contributed by atoms with Gasteiger partial charge in [-0.05, 0) is 24.6 Å². The number of hydrogen-bond donors (Lipinski definition) is 3. The Morgan fingerprint density at radius 3 is 2.76 bits per heavy atom. The molecule has 2 rings (SSSR count). The minimum Gasteiger partial charge on any atom is -0.396 e. The molecule has 0 aliphatic carbocycles. The number of halogens is 1. The molecule has 0 bridgehead atoms. The van der Waals surface area contributed by atoms with Crippen molar-refractivity contribution in [2.75, 3.05) is 12.0 Å². The Hall–Kier alpha value is -1.99. The Labute approximate surface area is 130 Å². The topological polar surface area (TPSA) is 90.4 Å². The number of aliphatic hydroxyl groups is 1. The monoisotopic (exact) mass is 350 g/mol. The minimum absolute atomic E-state index is 0.0832. The summed E-state index contributed by atoms with van der Waals surface area (Å²) in [6, 6.07) is 7.63. The van der Waals surface area contributed by atoms with Crippen molar-refractivity contribution in [3.63, 3.8) is 0 Å². The molecule has 21 heavy (non-hydrogen) atoms. The van der Waals surface area contributed by atoms with Gasteiger partial charge in [-0.15, -0.1) is 0 Å². The van der Waals surface area contributed by atoms with E-state index < -0.39 is 0 Å². The Morgan fingerprint density at radius 2 is 2.14 bits per heavy atom. The molecule has 0 saturated carbocycles. The summed E-state index contributed by atoms with van der Waals surface area (Å²) in [4.78, 5) is 18.6. The number of aromatic nitrogens is 2. The average molecular weight is 351 g/mol. The van der Waals surface area contributed by atoms with E-state index in [0.29, 0.717) is 11.3 Å². The van der Waals surface area contributed by atoms with Crippen LogP contribution in [-0.4, -0.2) is 27.9 Å². The fraction of sp³-hybridized carbons (Fsp3) is 0.214. The maximum absolute atomic E-state index is 11.8. The van der Waals surface area contributed by atoms with Crippen molar-refractivity contribution < 1.29 is 5.11 Å². The maximum atomic E-state index is 11.8. The summed E-state index contributed by atoms with van der Waals surface area (Å²) in [5, 5.41) is 12.9. The van der Waals surface area contributed by atoms with E-state index in [0.717, 1.165) is 10.0 Å². The summed E-state index contributed by atoms with van der Waals surface area (Å²) >= 11 is 3.36. The van der Waals surface area contributed by atoms with Gasteiger partial charge < -0.3 is 5.11 Å². The third kappa shape index (κ3) is 4.24. The molecule has 0 spiro atoms. The van der Waals surface area contributed by atoms with Crippen molar-refractivity contribution in [1.82, 2.24) is 9.97 Å². The van der Waals surface area contributed by atoms with Crippen molar-refractivity contribution in [3.05, 3.63) is 55.9 Å². The molecule has 2 aromatic rings. The predicted octanol–water partition coefficient (Wildman–Crippen LogP) is 1.82. The Bertz CT molecular complexity index is 695. The maximum Gasteiger partial charge on any atom is 0.255 e. The van der Waals surface area contributed by atoms with Crippen LogP contribution < -0.4 is 11.0 Å². The van der Waals surface area contributed by atoms with Gasteiger partial charge in [0.15, 0.2) is 0 Å². The molecule has 0 fully saturated rings. The third-order valence-electron chi connectivity index (χ3n) is 2.84. The number of aryl methyl sites for hydroxylation is 1. The molecule has 0 aliphatic rings. The lowest BCUT2D eigenvalue weighted by Crippen LogP contribution is -2.19. The number of nitrogens with zero attached hydrogens (tertiary/aromatic N) is 2. The van der Waals surface area contributed by atoms with Crippen LogP contribution in [0.4, 0.5) is 5.95 Å². The molecule has 1 heterocycles. The number of aliphatic hydroxyl groups excluding tert-OH is 1. The second kappa shape index (κ2) is 7.14. The zero-order chi connectivity index (χ0) is 15.2. The predicted molar refractivity (Wildman–Crippen MR) is 85.7 cm³/mol. The molecule has 0 radical (unpaired) electrons. The SMILES string of the molecule is Cc1nc(N/N=C\c2ccc(Br)cc2)[nH]c(=O)c1CCO. The first-order valence-corrected chi connectivity index (χ1v) is 7.14. The smallest absolute Gasteiger partial charge is 0.255 e. The van der Waals surface area contributed by atoms with Crippen LogP contribution in [0.25, 0.3) is 0 Å². The van der Waals surface area contributed by atoms with Crippen LogP contribution in [0.2, 0.25) is 0 Å². The van der Waals surface area contributed by atoms with Gasteiger partial charge in [0.2, 0.25) is 5.95 Å². The highest BCUT2D eigenvalue weighted by Crippen LogP contribution is 2.09. The summed E-state index contributed by atoms with van der Waals surface area (Å²) in [5.41, 5.74) is 4.40. The van der Waals surface area contributed by atoms with Crippen molar-refractivity contribution in [2.45, 2.75) is 13.3 Å². The Balaban J connectivity index is 2.10. The number of anilines is 1. The molecule has 0 unspecified atom stereocenters. The van der Waals surface area contributed by atoms with Crippen LogP contribution in [0.1, 0.15) is 16.8 Å². The molecule has 3 N–H and O–H groups in total. The third-order valence-corrected chi connectivity index (χ3v) is 3.37. The molecule has 0 aliphatic heterocycles. The summed E-state index contributed by atoms with van der Waals surface area (Å²) < 4.78 is 0.994. The van der Waals surface area contributed by atoms with Gasteiger partial charge in [0, 0.05) is 23.1 Å². The highest BCUT2D eigenvalue weighted by Gasteiger charge is 2.06. The summed E-state index contributed by atoms with van der Waals surface area (Å²) in [5.74, 6) is 0.271. The Kier molecular flexibility index (Phi) is 5.24. The van der Waals surface area contributed by atoms with Crippen LogP contribution in [0.5, 0.6) is 0 Å². The molecule has 6 nitrogen and oxygen atoms in total. The number of nitrogens with one attached hydrogen (secondary N) is 2. The van der Waals surface area contributed by atoms with E-state index in [2.05, 4.69) is 36.4 Å². The van der Waals surface area contributed by atoms with Gasteiger partial charge in [0.25, 0.3) is 5.56 Å². The lowest BCUT2D eigenvalue weighted by atomic mass is 10.2. The van der Waals surface area contributed by atoms with Crippen molar-refractivity contribution in [1.29, 1.82) is 0 Å². The number of benzene rings is 1. The van der Waals surface area contributed by atoms with Crippen LogP contribution in [0.3, 0.4) is 0 Å². The molecule has 7 heteroatoms. The van der Waals surface area contributed by atoms with E-state index >= 15 is 0 Å². The summed E-state index contributed by atoms with van der Waals surface area (Å²) in [6.45, 7) is 1.64. The van der Waals surface area contributed by atoms with Gasteiger partial charge in [-0.1, -0.05) is 28.1 Å². The summed E-state index contributed by atoms with van der Waals surface area (Å²) in [6.07, 6.45) is 1.92. The van der Waals surface area contributed by atoms with Crippen LogP contribution in [0, 0.1) is 6.92 Å². The van der Waals surface area contributed by atoms with E-state index in [9.17, 15) is 4.79 Å². The second-order valence-electron chi connectivity index (χ2n) is 4.37. The van der Waals surface area contributed by atoms with Crippen molar-refractivity contribution in [2.24, 2.45) is 5.10 Å². The van der Waals surface area contributed by atoms with E-state index in [-0.39, 0.29) is 24.5 Å². The fourth-order valence-corrected chi connectivity index (χ4v) is 2.05. The van der Waals surface area contributed by atoms with E-state index in [1.165, 1.54) is 0 Å². The van der Waals surface area contributed by atoms with Crippen molar-refractivity contribution >= 4 is 28.1 Å². The van der Waals surface area contributed by atoms with E-state index in [1.807, 2.05) is 24.3 Å². The van der Waals surface area contributed by atoms with Gasteiger partial charge in [-0.2, -0.15) is 5.10 Å².